The molecule has 0 fully saturated rings. The minimum absolute atomic E-state index is 0.220. The van der Waals surface area contributed by atoms with E-state index < -0.39 is 0 Å². The molecule has 0 saturated carbocycles. The maximum absolute atomic E-state index is 10.6. The Balaban J connectivity index is 2.03. The number of unbranched alkanes of at least 4 members (excludes halogenated alkanes) is 3. The van der Waals surface area contributed by atoms with E-state index in [2.05, 4.69) is 0 Å². The van der Waals surface area contributed by atoms with Gasteiger partial charge in [0.25, 0.3) is 0 Å². The van der Waals surface area contributed by atoms with Crippen molar-refractivity contribution in [1.82, 2.24) is 0 Å². The second-order valence-corrected chi connectivity index (χ2v) is 3.18. The number of hydrogen-bond donors (Lipinski definition) is 0. The molecule has 0 N–H and O–H groups in total. The Kier molecular flexibility index (Phi) is 4.23. The van der Waals surface area contributed by atoms with Gasteiger partial charge in [0.1, 0.15) is 12.9 Å². The smallest absolute Gasteiger partial charge is 0.331 e. The predicted octanol–water partition coefficient (Wildman–Crippen LogP) is 1.62. The lowest BCUT2D eigenvalue weighted by Gasteiger charge is -1.98. The van der Waals surface area contributed by atoms with Crippen molar-refractivity contribution in [3.05, 3.63) is 11.6 Å². The molecule has 3 heteroatoms. The van der Waals surface area contributed by atoms with Crippen LogP contribution in [0.25, 0.3) is 0 Å². The molecule has 0 aromatic heterocycles. The highest BCUT2D eigenvalue weighted by atomic mass is 16.5. The quantitative estimate of drug-likeness (QED) is 0.356. The number of esters is 1. The van der Waals surface area contributed by atoms with Gasteiger partial charge in [-0.2, -0.15) is 0 Å². The summed E-state index contributed by atoms with van der Waals surface area (Å²) in [6.45, 7) is 0.465. The number of rotatable bonds is 6. The van der Waals surface area contributed by atoms with Crippen LogP contribution >= 0.6 is 0 Å². The van der Waals surface area contributed by atoms with E-state index in [1.54, 1.807) is 6.08 Å². The first-order chi connectivity index (χ1) is 6.33. The fourth-order valence-corrected chi connectivity index (χ4v) is 1.31. The Morgan fingerprint density at radius 1 is 1.38 bits per heavy atom. The van der Waals surface area contributed by atoms with E-state index in [0.29, 0.717) is 13.0 Å². The predicted molar refractivity (Wildman–Crippen MR) is 48.2 cm³/mol. The van der Waals surface area contributed by atoms with E-state index in [1.165, 1.54) is 0 Å². The number of hydrogen-bond acceptors (Lipinski definition) is 3. The van der Waals surface area contributed by atoms with Gasteiger partial charge in [0.15, 0.2) is 0 Å². The van der Waals surface area contributed by atoms with E-state index in [4.69, 9.17) is 4.74 Å². The van der Waals surface area contributed by atoms with Crippen LogP contribution in [-0.2, 0) is 14.3 Å². The normalized spacial score (nSPS) is 15.4. The molecule has 1 heterocycles. The lowest BCUT2D eigenvalue weighted by molar-refractivity contribution is -0.134. The summed E-state index contributed by atoms with van der Waals surface area (Å²) in [6, 6.07) is 0. The van der Waals surface area contributed by atoms with Crippen LogP contribution in [-0.4, -0.2) is 18.9 Å². The van der Waals surface area contributed by atoms with Crippen LogP contribution in [0.15, 0.2) is 11.6 Å². The van der Waals surface area contributed by atoms with Gasteiger partial charge in [-0.1, -0.05) is 6.42 Å². The summed E-state index contributed by atoms with van der Waals surface area (Å²) in [4.78, 5) is 20.6. The van der Waals surface area contributed by atoms with Crippen molar-refractivity contribution in [2.45, 2.75) is 32.1 Å². The summed E-state index contributed by atoms with van der Waals surface area (Å²) in [6.07, 6.45) is 7.12. The molecule has 0 saturated heterocycles. The van der Waals surface area contributed by atoms with E-state index in [1.807, 2.05) is 0 Å². The minimum atomic E-state index is -0.220. The lowest BCUT2D eigenvalue weighted by Crippen LogP contribution is -1.91. The molecule has 13 heavy (non-hydrogen) atoms. The largest absolute Gasteiger partial charge is 0.458 e. The Morgan fingerprint density at radius 2 is 2.23 bits per heavy atom. The number of carbonyl (C=O) groups excluding carboxylic acids is 2. The molecule has 72 valence electrons. The molecule has 1 aliphatic heterocycles. The van der Waals surface area contributed by atoms with Crippen molar-refractivity contribution in [3.63, 3.8) is 0 Å². The van der Waals surface area contributed by atoms with E-state index in [0.717, 1.165) is 37.5 Å². The average Bonchev–Trinajstić information content (AvgIpc) is 2.51. The molecule has 0 spiro atoms. The van der Waals surface area contributed by atoms with Crippen molar-refractivity contribution in [3.8, 4) is 0 Å². The Hall–Kier alpha value is -1.12. The molecule has 0 amide bonds. The van der Waals surface area contributed by atoms with Gasteiger partial charge in [0.2, 0.25) is 0 Å². The second-order valence-electron chi connectivity index (χ2n) is 3.18. The molecule has 1 aliphatic rings. The zero-order valence-corrected chi connectivity index (χ0v) is 7.62. The first-order valence-electron chi connectivity index (χ1n) is 4.63. The summed E-state index contributed by atoms with van der Waals surface area (Å²) in [7, 11) is 0. The number of carbonyl (C=O) groups is 2. The Morgan fingerprint density at radius 3 is 2.85 bits per heavy atom. The fourth-order valence-electron chi connectivity index (χ4n) is 1.31. The molecule has 1 rings (SSSR count). The van der Waals surface area contributed by atoms with Gasteiger partial charge >= 0.3 is 5.97 Å². The van der Waals surface area contributed by atoms with Gasteiger partial charge in [-0.25, -0.2) is 4.79 Å². The molecule has 0 aliphatic carbocycles. The van der Waals surface area contributed by atoms with Crippen molar-refractivity contribution in [1.29, 1.82) is 0 Å². The zero-order valence-electron chi connectivity index (χ0n) is 7.62. The SMILES string of the molecule is O=CCCCCCC1=CC(=O)OC1. The van der Waals surface area contributed by atoms with Crippen LogP contribution in [0.5, 0.6) is 0 Å². The highest BCUT2D eigenvalue weighted by molar-refractivity contribution is 5.85. The van der Waals surface area contributed by atoms with Crippen LogP contribution in [0.4, 0.5) is 0 Å². The third kappa shape index (κ3) is 3.87. The Labute approximate surface area is 77.8 Å². The van der Waals surface area contributed by atoms with Crippen molar-refractivity contribution in [2.75, 3.05) is 6.61 Å². The van der Waals surface area contributed by atoms with Crippen LogP contribution in [0.1, 0.15) is 32.1 Å². The second kappa shape index (κ2) is 5.51. The maximum atomic E-state index is 10.6. The van der Waals surface area contributed by atoms with Gasteiger partial charge in [0.05, 0.1) is 0 Å². The van der Waals surface area contributed by atoms with E-state index in [9.17, 15) is 9.59 Å². The van der Waals surface area contributed by atoms with Gasteiger partial charge in [-0.05, 0) is 24.8 Å². The van der Waals surface area contributed by atoms with Crippen LogP contribution < -0.4 is 0 Å². The maximum Gasteiger partial charge on any atom is 0.331 e. The van der Waals surface area contributed by atoms with Crippen molar-refractivity contribution >= 4 is 12.3 Å². The highest BCUT2D eigenvalue weighted by Crippen LogP contribution is 2.14. The summed E-state index contributed by atoms with van der Waals surface area (Å²) >= 11 is 0. The van der Waals surface area contributed by atoms with Crippen molar-refractivity contribution < 1.29 is 14.3 Å². The minimum Gasteiger partial charge on any atom is -0.458 e. The zero-order chi connectivity index (χ0) is 9.52. The molecule has 0 atom stereocenters. The van der Waals surface area contributed by atoms with Crippen LogP contribution in [0, 0.1) is 0 Å². The monoisotopic (exact) mass is 182 g/mol. The molecule has 0 unspecified atom stereocenters. The van der Waals surface area contributed by atoms with Crippen LogP contribution in [0.2, 0.25) is 0 Å². The summed E-state index contributed by atoms with van der Waals surface area (Å²) in [5, 5.41) is 0. The molecule has 0 bridgehead atoms. The molecule has 0 aromatic rings. The molecular weight excluding hydrogens is 168 g/mol. The molecule has 0 aromatic carbocycles. The third-order valence-corrected chi connectivity index (χ3v) is 2.04. The highest BCUT2D eigenvalue weighted by Gasteiger charge is 2.11. The average molecular weight is 182 g/mol. The van der Waals surface area contributed by atoms with Gasteiger partial charge in [-0.3, -0.25) is 0 Å². The topological polar surface area (TPSA) is 43.4 Å². The van der Waals surface area contributed by atoms with Crippen molar-refractivity contribution in [2.24, 2.45) is 0 Å². The van der Waals surface area contributed by atoms with Gasteiger partial charge < -0.3 is 9.53 Å². The van der Waals surface area contributed by atoms with Gasteiger partial charge in [-0.15, -0.1) is 0 Å². The van der Waals surface area contributed by atoms with Gasteiger partial charge in [0, 0.05) is 12.5 Å². The first-order valence-corrected chi connectivity index (χ1v) is 4.63. The number of cyclic esters (lactones) is 1. The summed E-state index contributed by atoms with van der Waals surface area (Å²) in [5.41, 5.74) is 1.08. The number of ether oxygens (including phenoxy) is 1. The molecular formula is C10H14O3. The first kappa shape index (κ1) is 9.96. The standard InChI is InChI=1S/C10H14O3/c11-6-4-2-1-3-5-9-7-10(12)13-8-9/h6-7H,1-5,8H2. The number of aldehydes is 1. The molecule has 0 radical (unpaired) electrons. The van der Waals surface area contributed by atoms with E-state index >= 15 is 0 Å². The summed E-state index contributed by atoms with van der Waals surface area (Å²) < 4.78 is 4.76. The summed E-state index contributed by atoms with van der Waals surface area (Å²) in [5.74, 6) is -0.220. The Bertz CT molecular complexity index is 218. The molecule has 3 nitrogen and oxygen atoms in total. The van der Waals surface area contributed by atoms with E-state index in [-0.39, 0.29) is 5.97 Å². The van der Waals surface area contributed by atoms with Crippen LogP contribution in [0.3, 0.4) is 0 Å². The third-order valence-electron chi connectivity index (χ3n) is 2.04. The fraction of sp³-hybridized carbons (Fsp3) is 0.600. The lowest BCUT2D eigenvalue weighted by atomic mass is 10.1.